The van der Waals surface area contributed by atoms with Crippen molar-refractivity contribution in [2.45, 2.75) is 38.2 Å². The molecule has 0 amide bonds. The molecule has 4 nitrogen and oxygen atoms in total. The van der Waals surface area contributed by atoms with Crippen molar-refractivity contribution >= 4 is 27.4 Å². The third kappa shape index (κ3) is 3.46. The summed E-state index contributed by atoms with van der Waals surface area (Å²) in [6, 6.07) is 5.64. The second kappa shape index (κ2) is 5.53. The van der Waals surface area contributed by atoms with E-state index in [2.05, 4.69) is 0 Å². The molecular formula is C16H19ClO4S. The lowest BCUT2D eigenvalue weighted by Gasteiger charge is -2.17. The molecule has 0 saturated heterocycles. The van der Waals surface area contributed by atoms with E-state index in [-0.39, 0.29) is 29.7 Å². The van der Waals surface area contributed by atoms with Gasteiger partial charge in [-0.25, -0.2) is 8.42 Å². The van der Waals surface area contributed by atoms with E-state index in [9.17, 15) is 13.2 Å². The van der Waals surface area contributed by atoms with Crippen LogP contribution in [0.4, 0.5) is 0 Å². The van der Waals surface area contributed by atoms with Gasteiger partial charge in [-0.3, -0.25) is 4.79 Å². The minimum atomic E-state index is -3.07. The van der Waals surface area contributed by atoms with Crippen molar-refractivity contribution in [3.63, 3.8) is 0 Å². The van der Waals surface area contributed by atoms with Gasteiger partial charge in [-0.15, -0.1) is 0 Å². The van der Waals surface area contributed by atoms with Crippen molar-refractivity contribution in [2.75, 3.05) is 12.0 Å². The molecule has 1 aromatic carbocycles. The van der Waals surface area contributed by atoms with E-state index in [4.69, 9.17) is 16.3 Å². The molecule has 6 heteroatoms. The van der Waals surface area contributed by atoms with Gasteiger partial charge in [-0.1, -0.05) is 23.7 Å². The molecule has 0 bridgehead atoms. The molecule has 2 aliphatic rings. The number of carbonyl (C=O) groups excluding carboxylic acids is 1. The van der Waals surface area contributed by atoms with Crippen LogP contribution in [0.15, 0.2) is 18.2 Å². The average molecular weight is 343 g/mol. The Balaban J connectivity index is 1.64. The van der Waals surface area contributed by atoms with Crippen LogP contribution in [0.1, 0.15) is 42.9 Å². The van der Waals surface area contributed by atoms with Gasteiger partial charge >= 0.3 is 5.97 Å². The van der Waals surface area contributed by atoms with E-state index < -0.39 is 9.84 Å². The highest BCUT2D eigenvalue weighted by Crippen LogP contribution is 2.50. The number of benzene rings is 1. The van der Waals surface area contributed by atoms with Crippen LogP contribution >= 0.6 is 11.6 Å². The first-order valence-corrected chi connectivity index (χ1v) is 9.86. The maximum absolute atomic E-state index is 12.2. The first kappa shape index (κ1) is 15.8. The molecule has 1 fully saturated rings. The molecule has 0 aliphatic heterocycles. The van der Waals surface area contributed by atoms with Gasteiger partial charge in [0.25, 0.3) is 0 Å². The summed E-state index contributed by atoms with van der Waals surface area (Å²) in [6.07, 6.45) is 4.26. The van der Waals surface area contributed by atoms with E-state index in [0.717, 1.165) is 36.8 Å². The monoisotopic (exact) mass is 342 g/mol. The number of halogens is 1. The van der Waals surface area contributed by atoms with Crippen molar-refractivity contribution in [3.05, 3.63) is 34.3 Å². The first-order chi connectivity index (χ1) is 10.3. The summed E-state index contributed by atoms with van der Waals surface area (Å²) in [6.45, 7) is 0. The molecule has 120 valence electrons. The van der Waals surface area contributed by atoms with Gasteiger partial charge in [-0.05, 0) is 48.3 Å². The van der Waals surface area contributed by atoms with E-state index in [0.29, 0.717) is 5.02 Å². The zero-order valence-electron chi connectivity index (χ0n) is 12.5. The van der Waals surface area contributed by atoms with E-state index in [1.807, 2.05) is 18.2 Å². The number of fused-ring (bicyclic) bond motifs is 1. The van der Waals surface area contributed by atoms with Crippen LogP contribution in [0.25, 0.3) is 0 Å². The molecule has 3 rings (SSSR count). The summed E-state index contributed by atoms with van der Waals surface area (Å²) >= 11 is 6.15. The highest BCUT2D eigenvalue weighted by atomic mass is 35.5. The Bertz CT molecular complexity index is 707. The van der Waals surface area contributed by atoms with Crippen molar-refractivity contribution in [2.24, 2.45) is 5.41 Å². The van der Waals surface area contributed by atoms with Crippen LogP contribution in [-0.4, -0.2) is 26.4 Å². The smallest absolute Gasteiger partial charge is 0.306 e. The summed E-state index contributed by atoms with van der Waals surface area (Å²) in [4.78, 5) is 12.2. The summed E-state index contributed by atoms with van der Waals surface area (Å²) < 4.78 is 28.5. The zero-order valence-corrected chi connectivity index (χ0v) is 14.0. The number of rotatable bonds is 5. The number of esters is 1. The van der Waals surface area contributed by atoms with Gasteiger partial charge in [0.2, 0.25) is 0 Å². The Morgan fingerprint density at radius 3 is 2.77 bits per heavy atom. The van der Waals surface area contributed by atoms with Crippen LogP contribution in [-0.2, 0) is 25.8 Å². The lowest BCUT2D eigenvalue weighted by molar-refractivity contribution is -0.150. The van der Waals surface area contributed by atoms with Gasteiger partial charge in [0.05, 0.1) is 12.2 Å². The van der Waals surface area contributed by atoms with E-state index in [1.54, 1.807) is 0 Å². The number of ether oxygens (including phenoxy) is 1. The maximum atomic E-state index is 12.2. The highest BCUT2D eigenvalue weighted by molar-refractivity contribution is 7.90. The van der Waals surface area contributed by atoms with Crippen LogP contribution < -0.4 is 0 Å². The molecule has 0 unspecified atom stereocenters. The molecular weight excluding hydrogens is 324 g/mol. The number of sulfone groups is 1. The molecule has 2 aliphatic carbocycles. The summed E-state index contributed by atoms with van der Waals surface area (Å²) in [5.41, 5.74) is 1.65. The van der Waals surface area contributed by atoms with Gasteiger partial charge < -0.3 is 4.74 Å². The number of hydrogen-bond acceptors (Lipinski definition) is 4. The molecule has 0 heterocycles. The SMILES string of the molecule is CS(=O)(=O)CC1(CC(=O)O[C@@H]2CCc3c(Cl)cccc32)CC1. The van der Waals surface area contributed by atoms with Crippen LogP contribution in [0.5, 0.6) is 0 Å². The van der Waals surface area contributed by atoms with E-state index in [1.165, 1.54) is 6.26 Å². The number of hydrogen-bond donors (Lipinski definition) is 0. The van der Waals surface area contributed by atoms with Crippen LogP contribution in [0, 0.1) is 5.41 Å². The molecule has 0 radical (unpaired) electrons. The Morgan fingerprint density at radius 1 is 1.41 bits per heavy atom. The Kier molecular flexibility index (Phi) is 3.98. The molecule has 0 spiro atoms. The first-order valence-electron chi connectivity index (χ1n) is 7.43. The van der Waals surface area contributed by atoms with Gasteiger partial charge in [0.15, 0.2) is 0 Å². The Hall–Kier alpha value is -1.07. The standard InChI is InChI=1S/C16H19ClO4S/c1-22(19,20)10-16(7-8-16)9-15(18)21-14-6-5-11-12(14)3-2-4-13(11)17/h2-4,14H,5-10H2,1H3/t14-/m1/s1. The van der Waals surface area contributed by atoms with Crippen LogP contribution in [0.3, 0.4) is 0 Å². The lowest BCUT2D eigenvalue weighted by atomic mass is 10.1. The van der Waals surface area contributed by atoms with Crippen molar-refractivity contribution in [1.82, 2.24) is 0 Å². The van der Waals surface area contributed by atoms with E-state index >= 15 is 0 Å². The summed E-state index contributed by atoms with van der Waals surface area (Å²) in [5, 5.41) is 0.715. The normalized spacial score (nSPS) is 22.2. The topological polar surface area (TPSA) is 60.4 Å². The summed E-state index contributed by atoms with van der Waals surface area (Å²) in [7, 11) is -3.07. The molecule has 1 saturated carbocycles. The van der Waals surface area contributed by atoms with Gasteiger partial charge in [0.1, 0.15) is 15.9 Å². The fourth-order valence-corrected chi connectivity index (χ4v) is 5.09. The second-order valence-corrected chi connectivity index (χ2v) is 9.12. The minimum Gasteiger partial charge on any atom is -0.457 e. The number of carbonyl (C=O) groups is 1. The second-order valence-electron chi connectivity index (χ2n) is 6.57. The average Bonchev–Trinajstić information content (AvgIpc) is 2.98. The third-order valence-corrected chi connectivity index (χ3v) is 5.97. The maximum Gasteiger partial charge on any atom is 0.306 e. The quantitative estimate of drug-likeness (QED) is 0.771. The lowest BCUT2D eigenvalue weighted by Crippen LogP contribution is -2.21. The molecule has 0 N–H and O–H groups in total. The Morgan fingerprint density at radius 2 is 2.14 bits per heavy atom. The van der Waals surface area contributed by atoms with Crippen LogP contribution in [0.2, 0.25) is 5.02 Å². The molecule has 1 atom stereocenters. The van der Waals surface area contributed by atoms with Gasteiger partial charge in [-0.2, -0.15) is 0 Å². The summed E-state index contributed by atoms with van der Waals surface area (Å²) in [5.74, 6) is -0.235. The molecule has 1 aromatic rings. The highest BCUT2D eigenvalue weighted by Gasteiger charge is 2.47. The predicted octanol–water partition coefficient (Wildman–Crippen LogP) is 3.09. The van der Waals surface area contributed by atoms with Crippen molar-refractivity contribution in [3.8, 4) is 0 Å². The van der Waals surface area contributed by atoms with Crippen molar-refractivity contribution < 1.29 is 17.9 Å². The fraction of sp³-hybridized carbons (Fsp3) is 0.562. The molecule has 22 heavy (non-hydrogen) atoms. The Labute approximate surface area is 135 Å². The molecule has 0 aromatic heterocycles. The third-order valence-electron chi connectivity index (χ3n) is 4.48. The predicted molar refractivity (Wildman–Crippen MR) is 84.6 cm³/mol. The fourth-order valence-electron chi connectivity index (χ4n) is 3.31. The zero-order chi connectivity index (χ0) is 16.0. The largest absolute Gasteiger partial charge is 0.457 e. The van der Waals surface area contributed by atoms with Crippen molar-refractivity contribution in [1.29, 1.82) is 0 Å². The van der Waals surface area contributed by atoms with Gasteiger partial charge in [0, 0.05) is 11.3 Å². The minimum absolute atomic E-state index is 0.0716.